The SMILES string of the molecule is C=N/C(N)=C(\C=C(/C)c1cnc(C2CCCCC2)s1)OCc1cccc(C#CC(C)(C)O)c1. The molecular weight excluding hydrogens is 430 g/mol. The molecular formula is C27H33N3O2S. The van der Waals surface area contributed by atoms with E-state index in [0.717, 1.165) is 21.6 Å². The maximum Gasteiger partial charge on any atom is 0.165 e. The predicted molar refractivity (Wildman–Crippen MR) is 137 cm³/mol. The normalized spacial score (nSPS) is 15.9. The van der Waals surface area contributed by atoms with Crippen LogP contribution in [0.1, 0.15) is 79.8 Å². The highest BCUT2D eigenvalue weighted by atomic mass is 32.1. The number of rotatable bonds is 7. The Bertz CT molecular complexity index is 1090. The number of benzene rings is 1. The summed E-state index contributed by atoms with van der Waals surface area (Å²) in [6, 6.07) is 7.71. The molecule has 5 nitrogen and oxygen atoms in total. The number of hydrogen-bond acceptors (Lipinski definition) is 6. The molecule has 6 heteroatoms. The van der Waals surface area contributed by atoms with Crippen LogP contribution in [0.25, 0.3) is 5.57 Å². The van der Waals surface area contributed by atoms with Crippen LogP contribution in [0.4, 0.5) is 0 Å². The summed E-state index contributed by atoms with van der Waals surface area (Å²) in [5.41, 5.74) is 7.81. The van der Waals surface area contributed by atoms with Crippen molar-refractivity contribution in [1.29, 1.82) is 0 Å². The monoisotopic (exact) mass is 463 g/mol. The van der Waals surface area contributed by atoms with Crippen LogP contribution in [-0.2, 0) is 11.3 Å². The second kappa shape index (κ2) is 11.3. The topological polar surface area (TPSA) is 80.7 Å². The molecule has 1 aromatic heterocycles. The molecule has 1 aromatic carbocycles. The molecule has 1 aliphatic carbocycles. The minimum Gasteiger partial charge on any atom is -0.485 e. The Kier molecular flexibility index (Phi) is 8.49. The van der Waals surface area contributed by atoms with E-state index in [1.165, 1.54) is 37.1 Å². The number of thiazole rings is 1. The molecule has 1 heterocycles. The van der Waals surface area contributed by atoms with Crippen molar-refractivity contribution in [3.63, 3.8) is 0 Å². The van der Waals surface area contributed by atoms with Crippen molar-refractivity contribution in [1.82, 2.24) is 4.98 Å². The fourth-order valence-electron chi connectivity index (χ4n) is 3.67. The predicted octanol–water partition coefficient (Wildman–Crippen LogP) is 5.76. The number of aliphatic hydroxyl groups is 1. The zero-order valence-corrected chi connectivity index (χ0v) is 20.5. The minimum absolute atomic E-state index is 0.240. The Morgan fingerprint density at radius 1 is 1.36 bits per heavy atom. The Morgan fingerprint density at radius 2 is 2.12 bits per heavy atom. The highest BCUT2D eigenvalue weighted by molar-refractivity contribution is 7.12. The lowest BCUT2D eigenvalue weighted by molar-refractivity contribution is 0.143. The summed E-state index contributed by atoms with van der Waals surface area (Å²) in [5.74, 6) is 7.12. The van der Waals surface area contributed by atoms with Gasteiger partial charge in [-0.2, -0.15) is 0 Å². The Hall–Kier alpha value is -2.88. The van der Waals surface area contributed by atoms with Crippen molar-refractivity contribution in [2.45, 2.75) is 71.0 Å². The van der Waals surface area contributed by atoms with E-state index < -0.39 is 5.60 Å². The van der Waals surface area contributed by atoms with Crippen molar-refractivity contribution in [3.8, 4) is 11.8 Å². The van der Waals surface area contributed by atoms with Crippen molar-refractivity contribution < 1.29 is 9.84 Å². The standard InChI is InChI=1S/C27H33N3O2S/c1-19(24-17-30-26(33-24)22-11-6-5-7-12-22)15-23(25(28)29-4)32-18-21-10-8-9-20(16-21)13-14-27(2,3)31/h8-10,15-17,22,31H,4-7,11-12,18,28H2,1-3H3/b19-15+,25-23+. The molecule has 0 spiro atoms. The lowest BCUT2D eigenvalue weighted by Gasteiger charge is -2.18. The van der Waals surface area contributed by atoms with Crippen molar-refractivity contribution in [3.05, 3.63) is 69.1 Å². The molecule has 33 heavy (non-hydrogen) atoms. The van der Waals surface area contributed by atoms with Gasteiger partial charge in [-0.3, -0.25) is 0 Å². The van der Waals surface area contributed by atoms with Crippen LogP contribution < -0.4 is 5.73 Å². The molecule has 0 bridgehead atoms. The molecule has 174 valence electrons. The third kappa shape index (κ3) is 7.59. The van der Waals surface area contributed by atoms with E-state index in [9.17, 15) is 5.11 Å². The molecule has 0 radical (unpaired) electrons. The molecule has 0 aliphatic heterocycles. The molecule has 2 aromatic rings. The highest BCUT2D eigenvalue weighted by Crippen LogP contribution is 2.36. The summed E-state index contributed by atoms with van der Waals surface area (Å²) < 4.78 is 6.03. The van der Waals surface area contributed by atoms with Crippen LogP contribution in [0.15, 0.2) is 53.1 Å². The van der Waals surface area contributed by atoms with E-state index in [1.807, 2.05) is 43.5 Å². The molecule has 1 fully saturated rings. The van der Waals surface area contributed by atoms with Gasteiger partial charge >= 0.3 is 0 Å². The average Bonchev–Trinajstić information content (AvgIpc) is 3.31. The second-order valence-electron chi connectivity index (χ2n) is 8.93. The Balaban J connectivity index is 1.73. The van der Waals surface area contributed by atoms with Gasteiger partial charge in [-0.05, 0) is 69.7 Å². The van der Waals surface area contributed by atoms with Gasteiger partial charge in [0.05, 0.1) is 9.88 Å². The number of aromatic nitrogens is 1. The van der Waals surface area contributed by atoms with Gasteiger partial charge in [-0.15, -0.1) is 11.3 Å². The molecule has 3 rings (SSSR count). The quantitative estimate of drug-likeness (QED) is 0.237. The second-order valence-corrected chi connectivity index (χ2v) is 9.99. The molecule has 0 unspecified atom stereocenters. The van der Waals surface area contributed by atoms with Gasteiger partial charge in [0, 0.05) is 17.7 Å². The first-order valence-corrected chi connectivity index (χ1v) is 12.1. The smallest absolute Gasteiger partial charge is 0.165 e. The lowest BCUT2D eigenvalue weighted by Crippen LogP contribution is -2.14. The van der Waals surface area contributed by atoms with Crippen LogP contribution in [0.5, 0.6) is 0 Å². The van der Waals surface area contributed by atoms with Gasteiger partial charge in [-0.1, -0.05) is 43.2 Å². The van der Waals surface area contributed by atoms with Crippen LogP contribution in [0, 0.1) is 11.8 Å². The van der Waals surface area contributed by atoms with Gasteiger partial charge in [0.25, 0.3) is 0 Å². The number of allylic oxidation sites excluding steroid dienone is 2. The van der Waals surface area contributed by atoms with Gasteiger partial charge in [0.15, 0.2) is 11.6 Å². The molecule has 1 saturated carbocycles. The van der Waals surface area contributed by atoms with Crippen molar-refractivity contribution in [2.24, 2.45) is 10.7 Å². The number of aliphatic imine (C=N–C) groups is 1. The number of ether oxygens (including phenoxy) is 1. The summed E-state index contributed by atoms with van der Waals surface area (Å²) in [7, 11) is 0. The maximum atomic E-state index is 9.82. The van der Waals surface area contributed by atoms with Gasteiger partial charge < -0.3 is 15.6 Å². The first kappa shape index (κ1) is 24.8. The number of hydrogen-bond donors (Lipinski definition) is 2. The third-order valence-electron chi connectivity index (χ3n) is 5.47. The van der Waals surface area contributed by atoms with Crippen LogP contribution in [0.2, 0.25) is 0 Å². The third-order valence-corrected chi connectivity index (χ3v) is 6.77. The molecule has 0 saturated heterocycles. The summed E-state index contributed by atoms with van der Waals surface area (Å²) in [4.78, 5) is 9.68. The lowest BCUT2D eigenvalue weighted by atomic mass is 9.90. The van der Waals surface area contributed by atoms with E-state index >= 15 is 0 Å². The van der Waals surface area contributed by atoms with Crippen LogP contribution in [-0.4, -0.2) is 22.4 Å². The van der Waals surface area contributed by atoms with Crippen LogP contribution >= 0.6 is 11.3 Å². The fourth-order valence-corrected chi connectivity index (χ4v) is 4.73. The highest BCUT2D eigenvalue weighted by Gasteiger charge is 2.19. The van der Waals surface area contributed by atoms with E-state index in [-0.39, 0.29) is 5.82 Å². The number of nitrogens with two attached hydrogens (primary N) is 1. The molecule has 1 aliphatic rings. The van der Waals surface area contributed by atoms with Crippen molar-refractivity contribution >= 4 is 23.6 Å². The number of nitrogens with zero attached hydrogens (tertiary/aromatic N) is 2. The Labute approximate surface area is 201 Å². The molecule has 3 N–H and O–H groups in total. The summed E-state index contributed by atoms with van der Waals surface area (Å²) in [6.07, 6.45) is 10.2. The first-order chi connectivity index (χ1) is 15.7. The van der Waals surface area contributed by atoms with E-state index in [4.69, 9.17) is 15.5 Å². The van der Waals surface area contributed by atoms with Gasteiger partial charge in [0.1, 0.15) is 12.2 Å². The average molecular weight is 464 g/mol. The Morgan fingerprint density at radius 3 is 2.82 bits per heavy atom. The maximum absolute atomic E-state index is 9.82. The largest absolute Gasteiger partial charge is 0.485 e. The van der Waals surface area contributed by atoms with E-state index in [0.29, 0.717) is 18.3 Å². The van der Waals surface area contributed by atoms with E-state index in [2.05, 4.69) is 23.6 Å². The fraction of sp³-hybridized carbons (Fsp3) is 0.407. The molecule has 0 atom stereocenters. The van der Waals surface area contributed by atoms with Crippen LogP contribution in [0.3, 0.4) is 0 Å². The van der Waals surface area contributed by atoms with Gasteiger partial charge in [-0.25, -0.2) is 9.98 Å². The zero-order valence-electron chi connectivity index (χ0n) is 19.7. The molecule has 0 amide bonds. The summed E-state index contributed by atoms with van der Waals surface area (Å²) in [6.45, 7) is 9.21. The van der Waals surface area contributed by atoms with Crippen molar-refractivity contribution in [2.75, 3.05) is 0 Å². The summed E-state index contributed by atoms with van der Waals surface area (Å²) in [5, 5.41) is 11.0. The minimum atomic E-state index is -1.04. The van der Waals surface area contributed by atoms with Gasteiger partial charge in [0.2, 0.25) is 0 Å². The summed E-state index contributed by atoms with van der Waals surface area (Å²) >= 11 is 1.75. The first-order valence-electron chi connectivity index (χ1n) is 11.3. The zero-order chi connectivity index (χ0) is 23.8. The van der Waals surface area contributed by atoms with E-state index in [1.54, 1.807) is 25.2 Å².